The summed E-state index contributed by atoms with van der Waals surface area (Å²) in [5, 5.41) is 12.1. The van der Waals surface area contributed by atoms with E-state index in [1.165, 1.54) is 121 Å². The van der Waals surface area contributed by atoms with Crippen LogP contribution in [0.5, 0.6) is 0 Å². The van der Waals surface area contributed by atoms with E-state index in [4.69, 9.17) is 9.97 Å². The Morgan fingerprint density at radius 1 is 0.284 bits per heavy atom. The molecule has 0 fully saturated rings. The lowest BCUT2D eigenvalue weighted by molar-refractivity contribution is 0.748. The first-order valence-corrected chi connectivity index (χ1v) is 28.0. The fraction of sp³-hybridized carbons (Fsp3) is 0.0130. The molecule has 18 rings (SSSR count). The molecule has 81 heavy (non-hydrogen) atoms. The smallest absolute Gasteiger partial charge is 0.160 e. The maximum absolute atomic E-state index is 5.42. The molecule has 3 aromatic heterocycles. The van der Waals surface area contributed by atoms with Gasteiger partial charge in [0.1, 0.15) is 0 Å². The van der Waals surface area contributed by atoms with Gasteiger partial charge in [-0.3, -0.25) is 0 Å². The average Bonchev–Trinajstić information content (AvgIpc) is 2.87. The maximum atomic E-state index is 5.42. The first kappa shape index (κ1) is 44.3. The van der Waals surface area contributed by atoms with Gasteiger partial charge < -0.3 is 9.13 Å². The van der Waals surface area contributed by atoms with Crippen molar-refractivity contribution in [2.45, 2.75) is 5.41 Å². The highest BCUT2D eigenvalue weighted by Gasteiger charge is 2.51. The molecule has 2 aliphatic rings. The van der Waals surface area contributed by atoms with Crippen LogP contribution in [0, 0.1) is 0 Å². The van der Waals surface area contributed by atoms with Gasteiger partial charge in [-0.25, -0.2) is 9.97 Å². The fourth-order valence-corrected chi connectivity index (χ4v) is 14.6. The molecule has 0 bridgehead atoms. The minimum atomic E-state index is -0.573. The lowest BCUT2D eigenvalue weighted by atomic mass is 9.65. The lowest BCUT2D eigenvalue weighted by Crippen LogP contribution is -2.33. The van der Waals surface area contributed by atoms with Crippen LogP contribution in [-0.4, -0.2) is 19.1 Å². The summed E-state index contributed by atoms with van der Waals surface area (Å²) in [5.41, 5.74) is 21.6. The maximum Gasteiger partial charge on any atom is 0.160 e. The summed E-state index contributed by atoms with van der Waals surface area (Å²) in [6.45, 7) is 0. The summed E-state index contributed by atoms with van der Waals surface area (Å²) in [6.07, 6.45) is 0. The van der Waals surface area contributed by atoms with Crippen LogP contribution in [-0.2, 0) is 5.41 Å². The van der Waals surface area contributed by atoms with Gasteiger partial charge in [0.25, 0.3) is 0 Å². The van der Waals surface area contributed by atoms with E-state index >= 15 is 0 Å². The quantitative estimate of drug-likeness (QED) is 0.172. The molecule has 1 aliphatic carbocycles. The topological polar surface area (TPSA) is 35.6 Å². The number of benzene rings is 13. The molecule has 4 heteroatoms. The summed E-state index contributed by atoms with van der Waals surface area (Å²) in [4.78, 5) is 10.8. The third kappa shape index (κ3) is 6.08. The molecule has 0 radical (unpaired) electrons. The Hall–Kier alpha value is -10.7. The zero-order chi connectivity index (χ0) is 52.9. The molecule has 0 saturated heterocycles. The molecule has 1 unspecified atom stereocenters. The zero-order valence-electron chi connectivity index (χ0n) is 43.8. The molecule has 1 atom stereocenters. The molecule has 13 aromatic carbocycles. The molecule has 4 nitrogen and oxygen atoms in total. The molecule has 0 saturated carbocycles. The highest BCUT2D eigenvalue weighted by Crippen LogP contribution is 2.63. The van der Waals surface area contributed by atoms with Crippen molar-refractivity contribution in [3.05, 3.63) is 301 Å². The minimum Gasteiger partial charge on any atom is -0.309 e. The van der Waals surface area contributed by atoms with E-state index in [0.29, 0.717) is 5.82 Å². The van der Waals surface area contributed by atoms with Gasteiger partial charge in [-0.1, -0.05) is 231 Å². The Bertz CT molecular complexity index is 5360. The molecule has 0 N–H and O–H groups in total. The van der Waals surface area contributed by atoms with Crippen molar-refractivity contribution in [1.29, 1.82) is 0 Å². The molecule has 374 valence electrons. The molecular weight excluding hydrogens is 981 g/mol. The molecule has 4 heterocycles. The highest BCUT2D eigenvalue weighted by atomic mass is 15.0. The summed E-state index contributed by atoms with van der Waals surface area (Å²) < 4.78 is 5.06. The van der Waals surface area contributed by atoms with Gasteiger partial charge in [-0.15, -0.1) is 0 Å². The Labute approximate surface area is 466 Å². The van der Waals surface area contributed by atoms with Crippen LogP contribution in [0.25, 0.3) is 143 Å². The summed E-state index contributed by atoms with van der Waals surface area (Å²) >= 11 is 0. The van der Waals surface area contributed by atoms with Crippen LogP contribution in [0.3, 0.4) is 0 Å². The van der Waals surface area contributed by atoms with Crippen LogP contribution in [0.1, 0.15) is 22.3 Å². The molecule has 1 spiro atoms. The van der Waals surface area contributed by atoms with Crippen molar-refractivity contribution in [2.24, 2.45) is 0 Å². The SMILES string of the molecule is c1ccc2c(c1)-c1c(-c3cccc4c5ccc6ccccc6c5n(-c5ccc(-c6nc(-c7ccc8ccccc8c7)cc(-c7cccc8ccccc78)n6)cc5)c34)cccc1C21c2ccccc2-n2c3ccccc3c3cccc1c32. The molecular formula is C77H46N4. The van der Waals surface area contributed by atoms with Gasteiger partial charge in [0.2, 0.25) is 0 Å². The number of hydrogen-bond acceptors (Lipinski definition) is 2. The van der Waals surface area contributed by atoms with Crippen LogP contribution in [0.15, 0.2) is 279 Å². The number of aromatic nitrogens is 4. The third-order valence-electron chi connectivity index (χ3n) is 17.9. The second-order valence-electron chi connectivity index (χ2n) is 21.9. The fourth-order valence-electron chi connectivity index (χ4n) is 14.6. The monoisotopic (exact) mass is 1030 g/mol. The van der Waals surface area contributed by atoms with Gasteiger partial charge in [-0.2, -0.15) is 0 Å². The second-order valence-corrected chi connectivity index (χ2v) is 21.9. The van der Waals surface area contributed by atoms with Crippen LogP contribution >= 0.6 is 0 Å². The van der Waals surface area contributed by atoms with Gasteiger partial charge in [-0.05, 0) is 114 Å². The van der Waals surface area contributed by atoms with E-state index in [9.17, 15) is 0 Å². The Kier molecular flexibility index (Phi) is 9.12. The largest absolute Gasteiger partial charge is 0.309 e. The van der Waals surface area contributed by atoms with E-state index in [1.807, 2.05) is 0 Å². The predicted molar refractivity (Wildman–Crippen MR) is 336 cm³/mol. The highest BCUT2D eigenvalue weighted by molar-refractivity contribution is 6.22. The Morgan fingerprint density at radius 3 is 1.72 bits per heavy atom. The van der Waals surface area contributed by atoms with E-state index in [0.717, 1.165) is 39.2 Å². The van der Waals surface area contributed by atoms with E-state index in [-0.39, 0.29) is 0 Å². The molecule has 16 aromatic rings. The average molecular weight is 1030 g/mol. The number of rotatable bonds is 5. The van der Waals surface area contributed by atoms with Crippen LogP contribution in [0.2, 0.25) is 0 Å². The summed E-state index contributed by atoms with van der Waals surface area (Å²) in [6, 6.07) is 103. The summed E-state index contributed by atoms with van der Waals surface area (Å²) in [5.74, 6) is 0.677. The van der Waals surface area contributed by atoms with Gasteiger partial charge in [0.05, 0.1) is 44.6 Å². The third-order valence-corrected chi connectivity index (χ3v) is 17.9. The number of nitrogens with zero attached hydrogens (tertiary/aromatic N) is 4. The standard InChI is InChI=1S/C77H46N4/c1-2-20-51-45-52(38-37-47(51)17-1)68-46-69(56-26-13-21-48-18-3-5-22-54(48)56)79-76(78-68)50-39-42-53(43-40-50)80-73-55-23-6-4-19-49(55)41-44-62(73)61-29-14-28-60(74(61)80)58-27-15-33-66-72(58)63-25-7-9-31-64(63)77(66)65-32-10-12-36-71(65)81-70-35-11-8-24-57(70)59-30-16-34-67(77)75(59)81/h1-46H. The number of para-hydroxylation sites is 4. The van der Waals surface area contributed by atoms with E-state index in [2.05, 4.69) is 288 Å². The Morgan fingerprint density at radius 2 is 0.840 bits per heavy atom. The predicted octanol–water partition coefficient (Wildman–Crippen LogP) is 19.5. The van der Waals surface area contributed by atoms with Gasteiger partial charge >= 0.3 is 0 Å². The van der Waals surface area contributed by atoms with Crippen molar-refractivity contribution < 1.29 is 0 Å². The number of hydrogen-bond donors (Lipinski definition) is 0. The van der Waals surface area contributed by atoms with Crippen molar-refractivity contribution in [3.63, 3.8) is 0 Å². The normalized spacial score (nSPS) is 14.2. The first-order valence-electron chi connectivity index (χ1n) is 28.0. The Balaban J connectivity index is 0.870. The van der Waals surface area contributed by atoms with Crippen molar-refractivity contribution >= 4 is 75.9 Å². The van der Waals surface area contributed by atoms with E-state index < -0.39 is 5.41 Å². The second kappa shape index (κ2) is 16.7. The minimum absolute atomic E-state index is 0.573. The van der Waals surface area contributed by atoms with Crippen molar-refractivity contribution in [3.8, 4) is 67.5 Å². The van der Waals surface area contributed by atoms with Crippen LogP contribution in [0.4, 0.5) is 0 Å². The first-order chi connectivity index (χ1) is 40.2. The van der Waals surface area contributed by atoms with E-state index in [1.54, 1.807) is 0 Å². The number of fused-ring (bicyclic) bond motifs is 19. The van der Waals surface area contributed by atoms with Gasteiger partial charge in [0.15, 0.2) is 5.82 Å². The summed E-state index contributed by atoms with van der Waals surface area (Å²) in [7, 11) is 0. The zero-order valence-corrected chi connectivity index (χ0v) is 43.8. The molecule has 1 aliphatic heterocycles. The van der Waals surface area contributed by atoms with Gasteiger partial charge in [0, 0.05) is 54.9 Å². The van der Waals surface area contributed by atoms with Crippen LogP contribution < -0.4 is 0 Å². The van der Waals surface area contributed by atoms with Crippen molar-refractivity contribution in [1.82, 2.24) is 19.1 Å². The molecule has 0 amide bonds. The lowest BCUT2D eigenvalue weighted by Gasteiger charge is -2.39. The van der Waals surface area contributed by atoms with Crippen molar-refractivity contribution in [2.75, 3.05) is 0 Å².